The number of nitrogens with one attached hydrogen (secondary N) is 2. The summed E-state index contributed by atoms with van der Waals surface area (Å²) in [6.45, 7) is 0.330. The Bertz CT molecular complexity index is 533. The van der Waals surface area contributed by atoms with Gasteiger partial charge in [0.1, 0.15) is 0 Å². The fourth-order valence-electron chi connectivity index (χ4n) is 1.54. The summed E-state index contributed by atoms with van der Waals surface area (Å²) < 4.78 is 10.2. The first-order valence-electron chi connectivity index (χ1n) is 6.64. The maximum Gasteiger partial charge on any atom is 0.414 e. The van der Waals surface area contributed by atoms with Crippen molar-refractivity contribution < 1.29 is 24.2 Å². The molecule has 3 N–H and O–H groups in total. The molecule has 0 aliphatic rings. The van der Waals surface area contributed by atoms with E-state index >= 15 is 0 Å². The summed E-state index contributed by atoms with van der Waals surface area (Å²) in [6.07, 6.45) is -2.09. The quantitative estimate of drug-likeness (QED) is 0.741. The van der Waals surface area contributed by atoms with Crippen LogP contribution in [0.3, 0.4) is 0 Å². The lowest BCUT2D eigenvalue weighted by Crippen LogP contribution is -2.26. The fourth-order valence-corrected chi connectivity index (χ4v) is 1.54. The molecule has 8 heteroatoms. The van der Waals surface area contributed by atoms with Gasteiger partial charge < -0.3 is 30.1 Å². The average molecular weight is 311 g/mol. The van der Waals surface area contributed by atoms with Crippen LogP contribution in [-0.4, -0.2) is 56.9 Å². The number of ether oxygens (including phenoxy) is 2. The third kappa shape index (κ3) is 4.90. The molecule has 0 fully saturated rings. The minimum atomic E-state index is -0.782. The Balaban J connectivity index is 3.08. The van der Waals surface area contributed by atoms with Gasteiger partial charge in [-0.1, -0.05) is 6.07 Å². The highest BCUT2D eigenvalue weighted by atomic mass is 16.6. The lowest BCUT2D eigenvalue weighted by molar-refractivity contribution is 0.167. The van der Waals surface area contributed by atoms with Gasteiger partial charge >= 0.3 is 12.2 Å². The SMILES string of the molecule is CNCC(O)c1ccc(OC(=O)N(C)C)c(OC(=O)NC)c1. The predicted octanol–water partition coefficient (Wildman–Crippen LogP) is 0.718. The Morgan fingerprint density at radius 2 is 1.91 bits per heavy atom. The fraction of sp³-hybridized carbons (Fsp3) is 0.429. The van der Waals surface area contributed by atoms with Crippen LogP contribution in [0.2, 0.25) is 0 Å². The largest absolute Gasteiger partial charge is 0.414 e. The van der Waals surface area contributed by atoms with E-state index in [4.69, 9.17) is 9.47 Å². The average Bonchev–Trinajstić information content (AvgIpc) is 2.48. The summed E-state index contributed by atoms with van der Waals surface area (Å²) in [5.74, 6) is 0.130. The van der Waals surface area contributed by atoms with Gasteiger partial charge in [0.25, 0.3) is 0 Å². The Kier molecular flexibility index (Phi) is 6.61. The van der Waals surface area contributed by atoms with Crippen LogP contribution < -0.4 is 20.1 Å². The highest BCUT2D eigenvalue weighted by Gasteiger charge is 2.17. The molecule has 2 amide bonds. The summed E-state index contributed by atoms with van der Waals surface area (Å²) in [4.78, 5) is 24.3. The third-order valence-electron chi connectivity index (χ3n) is 2.72. The summed E-state index contributed by atoms with van der Waals surface area (Å²) in [5, 5.41) is 15.1. The minimum absolute atomic E-state index is 0.0437. The van der Waals surface area contributed by atoms with Crippen LogP contribution >= 0.6 is 0 Å². The van der Waals surface area contributed by atoms with E-state index in [-0.39, 0.29) is 11.5 Å². The van der Waals surface area contributed by atoms with E-state index in [2.05, 4.69) is 10.6 Å². The summed E-state index contributed by atoms with van der Waals surface area (Å²) >= 11 is 0. The van der Waals surface area contributed by atoms with Crippen molar-refractivity contribution in [3.63, 3.8) is 0 Å². The van der Waals surface area contributed by atoms with Crippen LogP contribution in [0.25, 0.3) is 0 Å². The molecule has 1 atom stereocenters. The second-order valence-electron chi connectivity index (χ2n) is 4.68. The molecule has 1 rings (SSSR count). The second kappa shape index (κ2) is 8.20. The molecule has 122 valence electrons. The van der Waals surface area contributed by atoms with E-state index < -0.39 is 18.3 Å². The van der Waals surface area contributed by atoms with Gasteiger partial charge in [-0.2, -0.15) is 0 Å². The van der Waals surface area contributed by atoms with Crippen molar-refractivity contribution >= 4 is 12.2 Å². The molecule has 0 saturated carbocycles. The molecule has 0 aliphatic heterocycles. The first kappa shape index (κ1) is 17.7. The van der Waals surface area contributed by atoms with E-state index in [1.54, 1.807) is 13.1 Å². The second-order valence-corrected chi connectivity index (χ2v) is 4.68. The van der Waals surface area contributed by atoms with Crippen molar-refractivity contribution in [2.24, 2.45) is 0 Å². The number of aliphatic hydroxyl groups is 1. The van der Waals surface area contributed by atoms with Crippen molar-refractivity contribution in [3.8, 4) is 11.5 Å². The lowest BCUT2D eigenvalue weighted by atomic mass is 10.1. The van der Waals surface area contributed by atoms with Crippen molar-refractivity contribution in [2.75, 3.05) is 34.7 Å². The standard InChI is InChI=1S/C14H21N3O5/c1-15-8-10(18)9-5-6-11(22-14(20)17(3)4)12(7-9)21-13(19)16-2/h5-7,10,15,18H,8H2,1-4H3,(H,16,19). The topological polar surface area (TPSA) is 100 Å². The number of hydrogen-bond donors (Lipinski definition) is 3. The molecule has 1 unspecified atom stereocenters. The summed E-state index contributed by atoms with van der Waals surface area (Å²) in [6, 6.07) is 4.51. The monoisotopic (exact) mass is 311 g/mol. The number of benzene rings is 1. The smallest absolute Gasteiger partial charge is 0.406 e. The number of amides is 2. The van der Waals surface area contributed by atoms with Crippen molar-refractivity contribution in [1.82, 2.24) is 15.5 Å². The van der Waals surface area contributed by atoms with Gasteiger partial charge in [0.2, 0.25) is 0 Å². The first-order chi connectivity index (χ1) is 10.4. The molecule has 0 aromatic heterocycles. The normalized spacial score (nSPS) is 11.5. The van der Waals surface area contributed by atoms with E-state index in [1.165, 1.54) is 38.2 Å². The molecule has 1 aromatic carbocycles. The Labute approximate surface area is 129 Å². The molecular formula is C14H21N3O5. The zero-order valence-electron chi connectivity index (χ0n) is 13.0. The van der Waals surface area contributed by atoms with Crippen LogP contribution in [0, 0.1) is 0 Å². The number of hydrogen-bond acceptors (Lipinski definition) is 6. The van der Waals surface area contributed by atoms with Crippen LogP contribution in [-0.2, 0) is 0 Å². The van der Waals surface area contributed by atoms with Gasteiger partial charge in [0.15, 0.2) is 11.5 Å². The third-order valence-corrected chi connectivity index (χ3v) is 2.72. The van der Waals surface area contributed by atoms with Crippen molar-refractivity contribution in [1.29, 1.82) is 0 Å². The summed E-state index contributed by atoms with van der Waals surface area (Å²) in [5.41, 5.74) is 0.526. The molecule has 0 spiro atoms. The Hall–Kier alpha value is -2.32. The minimum Gasteiger partial charge on any atom is -0.406 e. The number of nitrogens with zero attached hydrogens (tertiary/aromatic N) is 1. The number of aliphatic hydroxyl groups excluding tert-OH is 1. The molecule has 0 bridgehead atoms. The van der Waals surface area contributed by atoms with Crippen LogP contribution in [0.15, 0.2) is 18.2 Å². The molecule has 22 heavy (non-hydrogen) atoms. The van der Waals surface area contributed by atoms with Crippen molar-refractivity contribution in [2.45, 2.75) is 6.10 Å². The van der Waals surface area contributed by atoms with E-state index in [0.717, 1.165) is 0 Å². The molecule has 8 nitrogen and oxygen atoms in total. The number of rotatable bonds is 5. The number of likely N-dealkylation sites (N-methyl/N-ethyl adjacent to an activating group) is 1. The van der Waals surface area contributed by atoms with E-state index in [1.807, 2.05) is 0 Å². The van der Waals surface area contributed by atoms with Crippen LogP contribution in [0.5, 0.6) is 11.5 Å². The molecule has 0 radical (unpaired) electrons. The number of carbonyl (C=O) groups is 2. The highest BCUT2D eigenvalue weighted by Crippen LogP contribution is 2.31. The van der Waals surface area contributed by atoms with Gasteiger partial charge in [0.05, 0.1) is 6.10 Å². The van der Waals surface area contributed by atoms with Gasteiger partial charge in [-0.15, -0.1) is 0 Å². The molecule has 0 saturated heterocycles. The maximum absolute atomic E-state index is 11.6. The molecular weight excluding hydrogens is 290 g/mol. The zero-order chi connectivity index (χ0) is 16.7. The number of carbonyl (C=O) groups excluding carboxylic acids is 2. The molecule has 0 heterocycles. The Morgan fingerprint density at radius 1 is 1.23 bits per heavy atom. The van der Waals surface area contributed by atoms with E-state index in [0.29, 0.717) is 12.1 Å². The Morgan fingerprint density at radius 3 is 2.45 bits per heavy atom. The van der Waals surface area contributed by atoms with Gasteiger partial charge in [-0.25, -0.2) is 9.59 Å². The van der Waals surface area contributed by atoms with Crippen LogP contribution in [0.1, 0.15) is 11.7 Å². The molecule has 0 aliphatic carbocycles. The predicted molar refractivity (Wildman–Crippen MR) is 80.1 cm³/mol. The van der Waals surface area contributed by atoms with Crippen molar-refractivity contribution in [3.05, 3.63) is 23.8 Å². The van der Waals surface area contributed by atoms with Gasteiger partial charge in [-0.3, -0.25) is 0 Å². The van der Waals surface area contributed by atoms with E-state index in [9.17, 15) is 14.7 Å². The highest BCUT2D eigenvalue weighted by molar-refractivity contribution is 5.74. The first-order valence-corrected chi connectivity index (χ1v) is 6.64. The zero-order valence-corrected chi connectivity index (χ0v) is 13.0. The van der Waals surface area contributed by atoms with Crippen LogP contribution in [0.4, 0.5) is 9.59 Å². The molecule has 1 aromatic rings. The maximum atomic E-state index is 11.6. The van der Waals surface area contributed by atoms with Gasteiger partial charge in [-0.05, 0) is 24.7 Å². The lowest BCUT2D eigenvalue weighted by Gasteiger charge is -2.16. The summed E-state index contributed by atoms with van der Waals surface area (Å²) in [7, 11) is 6.19. The van der Waals surface area contributed by atoms with Gasteiger partial charge in [0, 0.05) is 27.7 Å².